The van der Waals surface area contributed by atoms with Crippen LogP contribution in [0.3, 0.4) is 0 Å². The number of nitrogens with two attached hydrogens (primary N) is 2. The van der Waals surface area contributed by atoms with Gasteiger partial charge in [-0.1, -0.05) is 38.8 Å². The van der Waals surface area contributed by atoms with Crippen LogP contribution in [0, 0.1) is 0 Å². The van der Waals surface area contributed by atoms with Gasteiger partial charge in [-0.05, 0) is 60.4 Å². The Morgan fingerprint density at radius 1 is 1.33 bits per heavy atom. The van der Waals surface area contributed by atoms with Crippen molar-refractivity contribution in [2.75, 3.05) is 24.8 Å². The van der Waals surface area contributed by atoms with E-state index in [1.54, 1.807) is 6.07 Å². The predicted molar refractivity (Wildman–Crippen MR) is 128 cm³/mol. The number of hydrogen-bond donors (Lipinski definition) is 3. The normalized spacial score (nSPS) is 14.9. The van der Waals surface area contributed by atoms with Gasteiger partial charge in [0.15, 0.2) is 0 Å². The van der Waals surface area contributed by atoms with Crippen LogP contribution in [0.1, 0.15) is 62.8 Å². The summed E-state index contributed by atoms with van der Waals surface area (Å²) in [5.41, 5.74) is 11.0. The molecule has 0 amide bonds. The van der Waals surface area contributed by atoms with Crippen LogP contribution in [-0.4, -0.2) is 36.6 Å². The third-order valence-electron chi connectivity index (χ3n) is 5.13. The molecule has 7 nitrogen and oxygen atoms in total. The summed E-state index contributed by atoms with van der Waals surface area (Å²) in [5, 5.41) is 17.3. The zero-order chi connectivity index (χ0) is 21.7. The monoisotopic (exact) mass is 428 g/mol. The summed E-state index contributed by atoms with van der Waals surface area (Å²) in [6, 6.07) is 6.28. The van der Waals surface area contributed by atoms with Crippen LogP contribution in [-0.2, 0) is 10.2 Å². The Kier molecular flexibility index (Phi) is 7.33. The van der Waals surface area contributed by atoms with E-state index in [0.29, 0.717) is 23.2 Å². The number of benzene rings is 1. The van der Waals surface area contributed by atoms with E-state index >= 15 is 0 Å². The summed E-state index contributed by atoms with van der Waals surface area (Å²) < 4.78 is 5.80. The van der Waals surface area contributed by atoms with Gasteiger partial charge >= 0.3 is 0 Å². The quantitative estimate of drug-likeness (QED) is 0.139. The minimum Gasteiger partial charge on any atom is -0.459 e. The molecule has 0 bridgehead atoms. The van der Waals surface area contributed by atoms with Crippen LogP contribution in [0.2, 0.25) is 0 Å². The van der Waals surface area contributed by atoms with E-state index in [0.717, 1.165) is 29.6 Å². The fourth-order valence-electron chi connectivity index (χ4n) is 3.40. The highest BCUT2D eigenvalue weighted by Gasteiger charge is 2.28. The third-order valence-corrected chi connectivity index (χ3v) is 5.66. The largest absolute Gasteiger partial charge is 0.459 e. The lowest BCUT2D eigenvalue weighted by Crippen LogP contribution is -2.23. The lowest BCUT2D eigenvalue weighted by Gasteiger charge is -2.23. The molecule has 30 heavy (non-hydrogen) atoms. The van der Waals surface area contributed by atoms with Crippen molar-refractivity contribution in [1.29, 1.82) is 0 Å². The maximum atomic E-state index is 6.48. The number of ether oxygens (including phenoxy) is 1. The zero-order valence-electron chi connectivity index (χ0n) is 18.1. The van der Waals surface area contributed by atoms with Gasteiger partial charge in [0.05, 0.1) is 5.52 Å². The van der Waals surface area contributed by atoms with Gasteiger partial charge in [-0.25, -0.2) is 4.98 Å². The molecule has 1 fully saturated rings. The van der Waals surface area contributed by atoms with E-state index in [-0.39, 0.29) is 12.1 Å². The topological polar surface area (TPSA) is 111 Å². The number of anilines is 1. The molecule has 0 spiro atoms. The molecule has 0 unspecified atom stereocenters. The number of nitrogen functional groups attached to an aromatic ring is 1. The van der Waals surface area contributed by atoms with E-state index in [1.807, 2.05) is 0 Å². The molecule has 1 aromatic carbocycles. The van der Waals surface area contributed by atoms with Gasteiger partial charge in [0.2, 0.25) is 0 Å². The lowest BCUT2D eigenvalue weighted by molar-refractivity contribution is 0.271. The molecule has 1 aliphatic carbocycles. The average molecular weight is 429 g/mol. The van der Waals surface area contributed by atoms with Gasteiger partial charge in [-0.3, -0.25) is 10.5 Å². The molecule has 162 valence electrons. The van der Waals surface area contributed by atoms with Crippen LogP contribution in [0.5, 0.6) is 0 Å². The SMILES string of the molecule is C=N/N=C(\OCNCCCSN)c1cc(N)c2cc(C3CC3)cc(C(C)(C)C)c2n1. The first-order chi connectivity index (χ1) is 14.3. The van der Waals surface area contributed by atoms with Crippen molar-refractivity contribution in [1.82, 2.24) is 10.3 Å². The summed E-state index contributed by atoms with van der Waals surface area (Å²) in [6.07, 6.45) is 3.44. The van der Waals surface area contributed by atoms with Crippen molar-refractivity contribution in [3.05, 3.63) is 35.0 Å². The van der Waals surface area contributed by atoms with Gasteiger partial charge in [-0.15, -0.1) is 5.10 Å². The number of nitrogens with zero attached hydrogens (tertiary/aromatic N) is 3. The van der Waals surface area contributed by atoms with Crippen molar-refractivity contribution >= 4 is 41.2 Å². The van der Waals surface area contributed by atoms with Crippen LogP contribution in [0.4, 0.5) is 5.69 Å². The molecule has 1 heterocycles. The fourth-order valence-corrected chi connectivity index (χ4v) is 3.71. The third kappa shape index (κ3) is 5.50. The Hall–Kier alpha value is -2.16. The van der Waals surface area contributed by atoms with Crippen molar-refractivity contribution in [2.24, 2.45) is 15.3 Å². The van der Waals surface area contributed by atoms with E-state index in [2.05, 4.69) is 55.1 Å². The van der Waals surface area contributed by atoms with Gasteiger partial charge in [0.25, 0.3) is 5.90 Å². The second-order valence-corrected chi connectivity index (χ2v) is 9.39. The fraction of sp³-hybridized carbons (Fsp3) is 0.500. The lowest BCUT2D eigenvalue weighted by atomic mass is 9.83. The second-order valence-electron chi connectivity index (χ2n) is 8.65. The van der Waals surface area contributed by atoms with E-state index in [4.69, 9.17) is 20.6 Å². The first kappa shape index (κ1) is 22.5. The molecule has 2 aromatic rings. The highest BCUT2D eigenvalue weighted by atomic mass is 32.2. The first-order valence-electron chi connectivity index (χ1n) is 10.3. The molecule has 1 aliphatic rings. The zero-order valence-corrected chi connectivity index (χ0v) is 18.9. The number of rotatable bonds is 9. The molecule has 0 aliphatic heterocycles. The van der Waals surface area contributed by atoms with Gasteiger partial charge in [0, 0.05) is 23.5 Å². The average Bonchev–Trinajstić information content (AvgIpc) is 3.53. The Balaban J connectivity index is 1.94. The Morgan fingerprint density at radius 3 is 2.73 bits per heavy atom. The molecule has 1 saturated carbocycles. The van der Waals surface area contributed by atoms with Crippen molar-refractivity contribution in [3.8, 4) is 0 Å². The maximum Gasteiger partial charge on any atom is 0.260 e. The predicted octanol–water partition coefficient (Wildman–Crippen LogP) is 3.91. The molecule has 3 rings (SSSR count). The number of nitrogens with one attached hydrogen (secondary N) is 1. The summed E-state index contributed by atoms with van der Waals surface area (Å²) in [5.74, 6) is 1.83. The van der Waals surface area contributed by atoms with Crippen molar-refractivity contribution in [3.63, 3.8) is 0 Å². The second kappa shape index (κ2) is 9.76. The van der Waals surface area contributed by atoms with Crippen LogP contribution in [0.15, 0.2) is 28.4 Å². The summed E-state index contributed by atoms with van der Waals surface area (Å²) >= 11 is 1.33. The van der Waals surface area contributed by atoms with Crippen molar-refractivity contribution < 1.29 is 4.74 Å². The van der Waals surface area contributed by atoms with Gasteiger partial charge in [-0.2, -0.15) is 5.10 Å². The Labute approximate surface area is 182 Å². The molecule has 0 saturated heterocycles. The van der Waals surface area contributed by atoms with Gasteiger partial charge < -0.3 is 10.5 Å². The minimum absolute atomic E-state index is 0.0708. The van der Waals surface area contributed by atoms with Gasteiger partial charge in [0.1, 0.15) is 12.4 Å². The van der Waals surface area contributed by atoms with Crippen molar-refractivity contribution in [2.45, 2.75) is 51.4 Å². The van der Waals surface area contributed by atoms with E-state index in [9.17, 15) is 0 Å². The first-order valence-corrected chi connectivity index (χ1v) is 11.3. The summed E-state index contributed by atoms with van der Waals surface area (Å²) in [7, 11) is 0. The molecule has 1 aromatic heterocycles. The highest BCUT2D eigenvalue weighted by Crippen LogP contribution is 2.44. The van der Waals surface area contributed by atoms with E-state index in [1.165, 1.54) is 35.9 Å². The highest BCUT2D eigenvalue weighted by molar-refractivity contribution is 7.97. The molecule has 0 atom stereocenters. The molecule has 5 N–H and O–H groups in total. The minimum atomic E-state index is -0.0708. The molecule has 0 radical (unpaired) electrons. The standard InChI is InChI=1S/C22H32N6OS/c1-22(2,3)17-11-15(14-6-7-14)10-16-18(23)12-19(27-20(16)17)21(28-25-4)29-13-26-8-5-9-30-24/h10-12,14,26H,4-9,13,24H2,1-3H3,(H2,23,27)/b28-21-. The Morgan fingerprint density at radius 2 is 2.10 bits per heavy atom. The number of pyridine rings is 1. The van der Waals surface area contributed by atoms with Crippen LogP contribution >= 0.6 is 11.9 Å². The number of hydrogen-bond acceptors (Lipinski definition) is 8. The van der Waals surface area contributed by atoms with Crippen LogP contribution in [0.25, 0.3) is 10.9 Å². The van der Waals surface area contributed by atoms with Crippen LogP contribution < -0.4 is 16.2 Å². The smallest absolute Gasteiger partial charge is 0.260 e. The number of fused-ring (bicyclic) bond motifs is 1. The van der Waals surface area contributed by atoms with E-state index < -0.39 is 0 Å². The summed E-state index contributed by atoms with van der Waals surface area (Å²) in [4.78, 5) is 4.90. The molecular weight excluding hydrogens is 396 g/mol. The molecular formula is C22H32N6OS. The Bertz CT molecular complexity index is 933. The number of aromatic nitrogens is 1. The molecule has 8 heteroatoms. The summed E-state index contributed by atoms with van der Waals surface area (Å²) in [6.45, 7) is 11.1. The maximum absolute atomic E-state index is 6.48.